The third-order valence-corrected chi connectivity index (χ3v) is 3.09. The number of nitrogens with zero attached hydrogens (tertiary/aromatic N) is 2. The maximum atomic E-state index is 11.2. The highest BCUT2D eigenvalue weighted by Gasteiger charge is 2.21. The fraction of sp³-hybridized carbons (Fsp3) is 0.267. The Bertz CT molecular complexity index is 684. The molecule has 0 saturated heterocycles. The predicted molar refractivity (Wildman–Crippen MR) is 79.5 cm³/mol. The summed E-state index contributed by atoms with van der Waals surface area (Å²) in [5.74, 6) is 0.494. The van der Waals surface area contributed by atoms with E-state index in [4.69, 9.17) is 10.5 Å². The summed E-state index contributed by atoms with van der Waals surface area (Å²) in [6.07, 6.45) is 1.57. The van der Waals surface area contributed by atoms with E-state index in [1.54, 1.807) is 39.1 Å². The average molecular weight is 287 g/mol. The van der Waals surface area contributed by atoms with Crippen LogP contribution < -0.4 is 10.5 Å². The molecule has 1 unspecified atom stereocenters. The summed E-state index contributed by atoms with van der Waals surface area (Å²) in [6, 6.07) is 6.58. The van der Waals surface area contributed by atoms with Crippen LogP contribution in [0.1, 0.15) is 29.7 Å². The predicted octanol–water partition coefficient (Wildman–Crippen LogP) is 3.42. The Hall–Kier alpha value is -2.47. The minimum Gasteiger partial charge on any atom is -0.431 e. The lowest BCUT2D eigenvalue weighted by atomic mass is 10.1. The van der Waals surface area contributed by atoms with Gasteiger partial charge in [-0.15, -0.1) is 0 Å². The van der Waals surface area contributed by atoms with Crippen molar-refractivity contribution >= 4 is 5.69 Å². The molecule has 0 aliphatic heterocycles. The Morgan fingerprint density at radius 3 is 2.71 bits per heavy atom. The van der Waals surface area contributed by atoms with Crippen LogP contribution in [-0.4, -0.2) is 9.91 Å². The smallest absolute Gasteiger partial charge is 0.312 e. The first-order valence-corrected chi connectivity index (χ1v) is 6.54. The largest absolute Gasteiger partial charge is 0.431 e. The van der Waals surface area contributed by atoms with Crippen molar-refractivity contribution in [2.24, 2.45) is 5.73 Å². The summed E-state index contributed by atoms with van der Waals surface area (Å²) >= 11 is 0. The minimum absolute atomic E-state index is 0.0752. The number of hydrogen-bond acceptors (Lipinski definition) is 5. The number of benzene rings is 1. The van der Waals surface area contributed by atoms with E-state index in [2.05, 4.69) is 4.98 Å². The van der Waals surface area contributed by atoms with Crippen molar-refractivity contribution in [3.05, 3.63) is 57.3 Å². The second-order valence-corrected chi connectivity index (χ2v) is 4.98. The zero-order valence-corrected chi connectivity index (χ0v) is 12.2. The Kier molecular flexibility index (Phi) is 4.18. The van der Waals surface area contributed by atoms with Gasteiger partial charge in [-0.25, -0.2) is 4.98 Å². The monoisotopic (exact) mass is 287 g/mol. The zero-order valence-electron chi connectivity index (χ0n) is 12.2. The van der Waals surface area contributed by atoms with E-state index in [1.165, 1.54) is 6.07 Å². The van der Waals surface area contributed by atoms with Crippen LogP contribution in [-0.2, 0) is 0 Å². The van der Waals surface area contributed by atoms with Crippen LogP contribution in [0.4, 0.5) is 5.69 Å². The average Bonchev–Trinajstić information content (AvgIpc) is 2.41. The number of aryl methyl sites for hydroxylation is 2. The Morgan fingerprint density at radius 2 is 2.10 bits per heavy atom. The van der Waals surface area contributed by atoms with E-state index in [9.17, 15) is 10.1 Å². The van der Waals surface area contributed by atoms with Crippen molar-refractivity contribution in [1.82, 2.24) is 4.98 Å². The molecular formula is C15H17N3O3. The van der Waals surface area contributed by atoms with E-state index < -0.39 is 4.92 Å². The lowest BCUT2D eigenvalue weighted by Gasteiger charge is -2.14. The topological polar surface area (TPSA) is 91.3 Å². The normalized spacial score (nSPS) is 12.0. The van der Waals surface area contributed by atoms with Gasteiger partial charge in [-0.1, -0.05) is 12.1 Å². The van der Waals surface area contributed by atoms with Gasteiger partial charge in [0.2, 0.25) is 11.6 Å². The molecule has 1 heterocycles. The van der Waals surface area contributed by atoms with E-state index in [1.807, 2.05) is 6.07 Å². The third-order valence-electron chi connectivity index (χ3n) is 3.09. The highest BCUT2D eigenvalue weighted by molar-refractivity contribution is 5.55. The molecule has 0 saturated carbocycles. The first-order chi connectivity index (χ1) is 9.90. The number of aromatic nitrogens is 1. The molecule has 2 N–H and O–H groups in total. The molecule has 0 fully saturated rings. The highest BCUT2D eigenvalue weighted by Crippen LogP contribution is 2.36. The number of pyridine rings is 1. The molecule has 1 aromatic carbocycles. The quantitative estimate of drug-likeness (QED) is 0.687. The van der Waals surface area contributed by atoms with E-state index in [-0.39, 0.29) is 17.5 Å². The van der Waals surface area contributed by atoms with Crippen LogP contribution in [0.2, 0.25) is 0 Å². The first kappa shape index (κ1) is 14.9. The molecular weight excluding hydrogens is 270 g/mol. The molecule has 21 heavy (non-hydrogen) atoms. The maximum absolute atomic E-state index is 11.2. The van der Waals surface area contributed by atoms with Gasteiger partial charge in [0.25, 0.3) is 0 Å². The Balaban J connectivity index is 2.52. The van der Waals surface area contributed by atoms with Gasteiger partial charge >= 0.3 is 5.69 Å². The summed E-state index contributed by atoms with van der Waals surface area (Å²) in [6.45, 7) is 5.38. The molecule has 1 aromatic heterocycles. The van der Waals surface area contributed by atoms with Crippen LogP contribution in [0.15, 0.2) is 30.5 Å². The van der Waals surface area contributed by atoms with Crippen LogP contribution in [0.25, 0.3) is 0 Å². The van der Waals surface area contributed by atoms with Crippen LogP contribution >= 0.6 is 0 Å². The van der Waals surface area contributed by atoms with Gasteiger partial charge in [-0.05, 0) is 38.0 Å². The molecule has 0 spiro atoms. The number of nitro benzene ring substituents is 1. The fourth-order valence-electron chi connectivity index (χ4n) is 2.13. The van der Waals surface area contributed by atoms with Gasteiger partial charge < -0.3 is 10.5 Å². The second kappa shape index (κ2) is 5.88. The maximum Gasteiger partial charge on any atom is 0.312 e. The number of nitrogens with two attached hydrogens (primary N) is 1. The summed E-state index contributed by atoms with van der Waals surface area (Å²) < 4.78 is 5.72. The molecule has 110 valence electrons. The van der Waals surface area contributed by atoms with Crippen LogP contribution in [0.3, 0.4) is 0 Å². The molecule has 0 amide bonds. The van der Waals surface area contributed by atoms with Crippen molar-refractivity contribution in [2.45, 2.75) is 26.8 Å². The molecule has 6 heteroatoms. The van der Waals surface area contributed by atoms with Crippen molar-refractivity contribution in [3.63, 3.8) is 0 Å². The summed E-state index contributed by atoms with van der Waals surface area (Å²) in [5, 5.41) is 11.2. The number of hydrogen-bond donors (Lipinski definition) is 1. The first-order valence-electron chi connectivity index (χ1n) is 6.54. The van der Waals surface area contributed by atoms with Gasteiger partial charge in [0.05, 0.1) is 4.92 Å². The Morgan fingerprint density at radius 1 is 1.38 bits per heavy atom. The zero-order chi connectivity index (χ0) is 15.6. The standard InChI is InChI=1S/C15H17N3O3/c1-9-7-10(2)14(13(8-9)18(19)20)21-15-12(11(3)16)5-4-6-17-15/h4-8,11H,16H2,1-3H3. The van der Waals surface area contributed by atoms with E-state index in [0.29, 0.717) is 17.0 Å². The number of rotatable bonds is 4. The van der Waals surface area contributed by atoms with Gasteiger partial charge in [0, 0.05) is 23.9 Å². The lowest BCUT2D eigenvalue weighted by Crippen LogP contribution is -2.08. The highest BCUT2D eigenvalue weighted by atomic mass is 16.6. The molecule has 1 atom stereocenters. The van der Waals surface area contributed by atoms with Gasteiger partial charge in [0.15, 0.2) is 0 Å². The van der Waals surface area contributed by atoms with E-state index in [0.717, 1.165) is 5.56 Å². The van der Waals surface area contributed by atoms with Crippen LogP contribution in [0, 0.1) is 24.0 Å². The number of ether oxygens (including phenoxy) is 1. The van der Waals surface area contributed by atoms with Crippen LogP contribution in [0.5, 0.6) is 11.6 Å². The van der Waals surface area contributed by atoms with Gasteiger partial charge in [-0.2, -0.15) is 0 Å². The summed E-state index contributed by atoms with van der Waals surface area (Å²) in [7, 11) is 0. The third kappa shape index (κ3) is 3.17. The fourth-order valence-corrected chi connectivity index (χ4v) is 2.13. The second-order valence-electron chi connectivity index (χ2n) is 4.98. The molecule has 0 bridgehead atoms. The number of nitro groups is 1. The Labute approximate surface area is 122 Å². The van der Waals surface area contributed by atoms with Gasteiger partial charge in [-0.3, -0.25) is 10.1 Å². The van der Waals surface area contributed by atoms with Crippen molar-refractivity contribution in [3.8, 4) is 11.6 Å². The molecule has 6 nitrogen and oxygen atoms in total. The van der Waals surface area contributed by atoms with Crippen molar-refractivity contribution in [1.29, 1.82) is 0 Å². The minimum atomic E-state index is -0.455. The molecule has 2 rings (SSSR count). The molecule has 0 radical (unpaired) electrons. The molecule has 0 aliphatic rings. The summed E-state index contributed by atoms with van der Waals surface area (Å²) in [4.78, 5) is 14.9. The molecule has 0 aliphatic carbocycles. The van der Waals surface area contributed by atoms with E-state index >= 15 is 0 Å². The van der Waals surface area contributed by atoms with Crippen molar-refractivity contribution in [2.75, 3.05) is 0 Å². The van der Waals surface area contributed by atoms with Gasteiger partial charge in [0.1, 0.15) is 0 Å². The van der Waals surface area contributed by atoms with Crippen molar-refractivity contribution < 1.29 is 9.66 Å². The molecule has 2 aromatic rings. The summed E-state index contributed by atoms with van der Waals surface area (Å²) in [5.41, 5.74) is 7.99. The SMILES string of the molecule is Cc1cc(C)c(Oc2ncccc2C(C)N)c([N+](=O)[O-])c1. The lowest BCUT2D eigenvalue weighted by molar-refractivity contribution is -0.385.